The molecule has 0 bridgehead atoms. The minimum Gasteiger partial charge on any atom is -0.308 e. The van der Waals surface area contributed by atoms with Crippen molar-refractivity contribution in [3.63, 3.8) is 0 Å². The Hall–Kier alpha value is -0.903. The number of hydrogen-bond donors (Lipinski definition) is 1. The third kappa shape index (κ3) is 4.30. The first-order chi connectivity index (χ1) is 9.49. The fourth-order valence-corrected chi connectivity index (χ4v) is 4.25. The maximum Gasteiger partial charge on any atom is 0.0775 e. The minimum absolute atomic E-state index is 0.950. The van der Waals surface area contributed by atoms with Crippen LogP contribution in [0.5, 0.6) is 0 Å². The third-order valence-electron chi connectivity index (χ3n) is 3.51. The van der Waals surface area contributed by atoms with Gasteiger partial charge in [0.15, 0.2) is 0 Å². The van der Waals surface area contributed by atoms with Crippen molar-refractivity contribution in [2.75, 3.05) is 0 Å². The summed E-state index contributed by atoms with van der Waals surface area (Å²) in [5, 5.41) is 5.07. The molecule has 0 fully saturated rings. The first kappa shape index (κ1) is 15.5. The maximum absolute atomic E-state index is 3.54. The third-order valence-corrected chi connectivity index (χ3v) is 6.81. The summed E-state index contributed by atoms with van der Waals surface area (Å²) in [5.41, 5.74) is 1.37. The smallest absolute Gasteiger partial charge is 0.0775 e. The number of hydrogen-bond acceptors (Lipinski definition) is 2. The monoisotopic (exact) mass is 303 g/mol. The van der Waals surface area contributed by atoms with Crippen molar-refractivity contribution in [1.82, 2.24) is 5.32 Å². The highest BCUT2D eigenvalue weighted by Crippen LogP contribution is 2.16. The fraction of sp³-hybridized carbons (Fsp3) is 0.412. The average Bonchev–Trinajstić information content (AvgIpc) is 2.86. The molecule has 0 amide bonds. The van der Waals surface area contributed by atoms with Gasteiger partial charge in [0.05, 0.1) is 8.07 Å². The van der Waals surface area contributed by atoms with Crippen LogP contribution in [-0.4, -0.2) is 8.07 Å². The van der Waals surface area contributed by atoms with E-state index in [1.165, 1.54) is 20.5 Å². The summed E-state index contributed by atoms with van der Waals surface area (Å²) in [6, 6.07) is 13.6. The quantitative estimate of drug-likeness (QED) is 0.791. The molecule has 0 saturated carbocycles. The molecule has 3 heteroatoms. The van der Waals surface area contributed by atoms with E-state index in [0.717, 1.165) is 19.5 Å². The van der Waals surface area contributed by atoms with Crippen LogP contribution in [0.1, 0.15) is 22.2 Å². The van der Waals surface area contributed by atoms with E-state index in [1.807, 2.05) is 11.3 Å². The number of benzene rings is 1. The molecule has 2 aromatic rings. The molecule has 0 unspecified atom stereocenters. The highest BCUT2D eigenvalue weighted by molar-refractivity contribution is 7.11. The van der Waals surface area contributed by atoms with Gasteiger partial charge >= 0.3 is 0 Å². The van der Waals surface area contributed by atoms with Crippen LogP contribution in [0.15, 0.2) is 36.4 Å². The standard InChI is InChI=1S/C17H25NSSi/c1-5-15-8-9-16(19-15)13-18-12-14-6-10-17(11-7-14)20(2,3)4/h6-11,18H,5,12-13H2,1-4H3. The van der Waals surface area contributed by atoms with E-state index in [-0.39, 0.29) is 0 Å². The van der Waals surface area contributed by atoms with Gasteiger partial charge in [-0.1, -0.05) is 56.0 Å². The van der Waals surface area contributed by atoms with E-state index in [0.29, 0.717) is 0 Å². The van der Waals surface area contributed by atoms with Crippen LogP contribution in [-0.2, 0) is 19.5 Å². The highest BCUT2D eigenvalue weighted by Gasteiger charge is 2.15. The van der Waals surface area contributed by atoms with Gasteiger partial charge in [0.25, 0.3) is 0 Å². The van der Waals surface area contributed by atoms with Crippen molar-refractivity contribution >= 4 is 24.6 Å². The molecule has 0 atom stereocenters. The van der Waals surface area contributed by atoms with E-state index in [1.54, 1.807) is 0 Å². The lowest BCUT2D eigenvalue weighted by Crippen LogP contribution is -2.37. The van der Waals surface area contributed by atoms with Gasteiger partial charge < -0.3 is 5.32 Å². The zero-order valence-corrected chi connectivity index (χ0v) is 14.8. The summed E-state index contributed by atoms with van der Waals surface area (Å²) < 4.78 is 0. The second kappa shape index (κ2) is 6.70. The molecule has 0 aliphatic rings. The van der Waals surface area contributed by atoms with E-state index in [2.05, 4.69) is 68.3 Å². The van der Waals surface area contributed by atoms with E-state index < -0.39 is 8.07 Å². The van der Waals surface area contributed by atoms with Crippen LogP contribution < -0.4 is 10.5 Å². The Kier molecular flexibility index (Phi) is 5.19. The number of nitrogens with one attached hydrogen (secondary N) is 1. The van der Waals surface area contributed by atoms with Crippen LogP contribution in [0.25, 0.3) is 0 Å². The Morgan fingerprint density at radius 1 is 0.900 bits per heavy atom. The SMILES string of the molecule is CCc1ccc(CNCc2ccc([Si](C)(C)C)cc2)s1. The van der Waals surface area contributed by atoms with E-state index in [4.69, 9.17) is 0 Å². The second-order valence-electron chi connectivity index (χ2n) is 6.27. The Bertz CT molecular complexity index is 537. The van der Waals surface area contributed by atoms with Crippen molar-refractivity contribution in [3.8, 4) is 0 Å². The Morgan fingerprint density at radius 3 is 2.10 bits per heavy atom. The molecule has 108 valence electrons. The van der Waals surface area contributed by atoms with Gasteiger partial charge in [0, 0.05) is 22.8 Å². The zero-order valence-electron chi connectivity index (χ0n) is 13.0. The second-order valence-corrected chi connectivity index (χ2v) is 12.6. The molecule has 0 aliphatic heterocycles. The molecular weight excluding hydrogens is 278 g/mol. The van der Waals surface area contributed by atoms with Gasteiger partial charge in [-0.25, -0.2) is 0 Å². The molecule has 1 nitrogen and oxygen atoms in total. The lowest BCUT2D eigenvalue weighted by molar-refractivity contribution is 0.701. The van der Waals surface area contributed by atoms with Gasteiger partial charge in [-0.15, -0.1) is 11.3 Å². The van der Waals surface area contributed by atoms with Gasteiger partial charge in [0.1, 0.15) is 0 Å². The molecule has 20 heavy (non-hydrogen) atoms. The summed E-state index contributed by atoms with van der Waals surface area (Å²) in [5.74, 6) is 0. The van der Waals surface area contributed by atoms with Crippen LogP contribution in [0, 0.1) is 0 Å². The highest BCUT2D eigenvalue weighted by atomic mass is 32.1. The first-order valence-electron chi connectivity index (χ1n) is 7.37. The summed E-state index contributed by atoms with van der Waals surface area (Å²) in [7, 11) is -1.16. The number of aryl methyl sites for hydroxylation is 1. The van der Waals surface area contributed by atoms with Crippen molar-refractivity contribution in [2.45, 2.75) is 46.1 Å². The van der Waals surface area contributed by atoms with Crippen LogP contribution >= 0.6 is 11.3 Å². The summed E-state index contributed by atoms with van der Waals surface area (Å²) in [4.78, 5) is 2.90. The molecule has 1 aromatic carbocycles. The lowest BCUT2D eigenvalue weighted by atomic mass is 10.2. The normalized spacial score (nSPS) is 11.8. The van der Waals surface area contributed by atoms with Gasteiger partial charge in [-0.05, 0) is 24.1 Å². The van der Waals surface area contributed by atoms with Crippen molar-refractivity contribution in [1.29, 1.82) is 0 Å². The fourth-order valence-electron chi connectivity index (χ4n) is 2.16. The Morgan fingerprint density at radius 2 is 1.55 bits per heavy atom. The minimum atomic E-state index is -1.16. The average molecular weight is 304 g/mol. The number of thiophene rings is 1. The lowest BCUT2D eigenvalue weighted by Gasteiger charge is -2.16. The van der Waals surface area contributed by atoms with Gasteiger partial charge in [-0.2, -0.15) is 0 Å². The van der Waals surface area contributed by atoms with Crippen molar-refractivity contribution < 1.29 is 0 Å². The Labute approximate surface area is 128 Å². The largest absolute Gasteiger partial charge is 0.308 e. The predicted octanol–water partition coefficient (Wildman–Crippen LogP) is 4.15. The van der Waals surface area contributed by atoms with Crippen LogP contribution in [0.3, 0.4) is 0 Å². The van der Waals surface area contributed by atoms with Crippen LogP contribution in [0.4, 0.5) is 0 Å². The molecular formula is C17H25NSSi. The predicted molar refractivity (Wildman–Crippen MR) is 93.7 cm³/mol. The molecule has 0 spiro atoms. The molecule has 2 rings (SSSR count). The zero-order chi connectivity index (χ0) is 14.6. The van der Waals surface area contributed by atoms with Crippen molar-refractivity contribution in [2.24, 2.45) is 0 Å². The molecule has 1 aromatic heterocycles. The Balaban J connectivity index is 1.85. The topological polar surface area (TPSA) is 12.0 Å². The first-order valence-corrected chi connectivity index (χ1v) is 11.7. The number of rotatable bonds is 6. The van der Waals surface area contributed by atoms with Gasteiger partial charge in [-0.3, -0.25) is 0 Å². The van der Waals surface area contributed by atoms with E-state index in [9.17, 15) is 0 Å². The van der Waals surface area contributed by atoms with Crippen molar-refractivity contribution in [3.05, 3.63) is 51.7 Å². The molecule has 0 aliphatic carbocycles. The summed E-state index contributed by atoms with van der Waals surface area (Å²) in [6.07, 6.45) is 1.14. The molecule has 1 heterocycles. The summed E-state index contributed by atoms with van der Waals surface area (Å²) >= 11 is 1.92. The van der Waals surface area contributed by atoms with Gasteiger partial charge in [0.2, 0.25) is 0 Å². The van der Waals surface area contributed by atoms with Crippen LogP contribution in [0.2, 0.25) is 19.6 Å². The summed E-state index contributed by atoms with van der Waals surface area (Å²) in [6.45, 7) is 11.3. The molecule has 1 N–H and O–H groups in total. The molecule has 0 saturated heterocycles. The maximum atomic E-state index is 3.54. The molecule has 0 radical (unpaired) electrons. The van der Waals surface area contributed by atoms with E-state index >= 15 is 0 Å².